The van der Waals surface area contributed by atoms with Crippen molar-refractivity contribution >= 4 is 51.6 Å². The van der Waals surface area contributed by atoms with Gasteiger partial charge in [-0.25, -0.2) is 9.97 Å². The van der Waals surface area contributed by atoms with E-state index in [-0.39, 0.29) is 5.91 Å². The van der Waals surface area contributed by atoms with Crippen molar-refractivity contribution in [1.29, 1.82) is 0 Å². The van der Waals surface area contributed by atoms with Crippen LogP contribution in [-0.2, 0) is 11.3 Å². The molecule has 6 N–H and O–H groups in total. The van der Waals surface area contributed by atoms with E-state index in [1.165, 1.54) is 6.33 Å². The first-order valence-corrected chi connectivity index (χ1v) is 9.98. The van der Waals surface area contributed by atoms with E-state index in [1.54, 1.807) is 13.0 Å². The predicted molar refractivity (Wildman–Crippen MR) is 122 cm³/mol. The summed E-state index contributed by atoms with van der Waals surface area (Å²) < 4.78 is 0. The first-order valence-electron chi connectivity index (χ1n) is 9.60. The molecular formula is C21H21ClN8O. The maximum Gasteiger partial charge on any atom is 0.236 e. The molecule has 0 saturated carbocycles. The maximum atomic E-state index is 11.7. The highest BCUT2D eigenvalue weighted by Crippen LogP contribution is 2.30. The molecule has 10 heteroatoms. The molecule has 0 bridgehead atoms. The van der Waals surface area contributed by atoms with E-state index in [2.05, 4.69) is 36.1 Å². The lowest BCUT2D eigenvalue weighted by Gasteiger charge is -2.11. The van der Waals surface area contributed by atoms with Gasteiger partial charge < -0.3 is 21.7 Å². The number of amides is 1. The monoisotopic (exact) mass is 436 g/mol. The maximum absolute atomic E-state index is 11.7. The zero-order valence-corrected chi connectivity index (χ0v) is 17.4. The van der Waals surface area contributed by atoms with Gasteiger partial charge in [-0.2, -0.15) is 5.10 Å². The third-order valence-corrected chi connectivity index (χ3v) is 4.75. The number of H-pyrrole nitrogens is 1. The Labute approximate surface area is 183 Å². The Morgan fingerprint density at radius 2 is 1.90 bits per heavy atom. The number of fused-ring (bicyclic) bond motifs is 1. The molecule has 2 heterocycles. The molecule has 0 aliphatic carbocycles. The number of nitrogens with two attached hydrogens (primary N) is 1. The van der Waals surface area contributed by atoms with Crippen molar-refractivity contribution in [3.05, 3.63) is 65.4 Å². The molecule has 31 heavy (non-hydrogen) atoms. The van der Waals surface area contributed by atoms with Crippen LogP contribution in [0.1, 0.15) is 12.5 Å². The van der Waals surface area contributed by atoms with E-state index in [4.69, 9.17) is 17.3 Å². The number of rotatable bonds is 7. The standard InChI is InChI=1S/C21H21ClN8O/c1-12(23)21(31)24-10-13-4-2-6-15(8-13)28-20-17-18(25-11-26-19(17)29-30-20)27-16-7-3-5-14(22)9-16/h2-9,11-12H,10,23H2,1H3,(H,24,31)(H3,25,26,27,28,29,30)/t12-/m0/s1. The molecule has 0 unspecified atom stereocenters. The summed E-state index contributed by atoms with van der Waals surface area (Å²) in [4.78, 5) is 20.3. The van der Waals surface area contributed by atoms with Crippen LogP contribution in [0.3, 0.4) is 0 Å². The largest absolute Gasteiger partial charge is 0.351 e. The lowest BCUT2D eigenvalue weighted by atomic mass is 10.2. The lowest BCUT2D eigenvalue weighted by Crippen LogP contribution is -2.37. The SMILES string of the molecule is C[C@H](N)C(=O)NCc1cccc(Nc2[nH]nc3ncnc(Nc4cccc(Cl)c4)c23)c1. The minimum atomic E-state index is -0.553. The molecule has 2 aromatic heterocycles. The van der Waals surface area contributed by atoms with Gasteiger partial charge >= 0.3 is 0 Å². The third-order valence-electron chi connectivity index (χ3n) is 4.51. The highest BCUT2D eigenvalue weighted by Gasteiger charge is 2.14. The number of aromatic amines is 1. The Hall–Kier alpha value is -3.69. The molecule has 0 aliphatic rings. The van der Waals surface area contributed by atoms with Crippen molar-refractivity contribution in [2.75, 3.05) is 10.6 Å². The van der Waals surface area contributed by atoms with Gasteiger partial charge in [0, 0.05) is 22.9 Å². The van der Waals surface area contributed by atoms with E-state index < -0.39 is 6.04 Å². The summed E-state index contributed by atoms with van der Waals surface area (Å²) in [5.74, 6) is 1.02. The van der Waals surface area contributed by atoms with Crippen LogP contribution in [0.5, 0.6) is 0 Å². The fraction of sp³-hybridized carbons (Fsp3) is 0.143. The molecule has 1 atom stereocenters. The van der Waals surface area contributed by atoms with Gasteiger partial charge in [0.2, 0.25) is 5.91 Å². The van der Waals surface area contributed by atoms with Gasteiger partial charge in [0.05, 0.1) is 6.04 Å². The van der Waals surface area contributed by atoms with E-state index in [0.717, 1.165) is 16.9 Å². The summed E-state index contributed by atoms with van der Waals surface area (Å²) in [5.41, 5.74) is 8.65. The van der Waals surface area contributed by atoms with Crippen LogP contribution in [0.15, 0.2) is 54.9 Å². The van der Waals surface area contributed by atoms with Crippen molar-refractivity contribution < 1.29 is 4.79 Å². The number of carbonyl (C=O) groups excluding carboxylic acids is 1. The first-order chi connectivity index (χ1) is 15.0. The quantitative estimate of drug-likeness (QED) is 0.299. The second kappa shape index (κ2) is 8.99. The summed E-state index contributed by atoms with van der Waals surface area (Å²) in [5, 5.41) is 17.9. The van der Waals surface area contributed by atoms with E-state index in [9.17, 15) is 4.79 Å². The number of nitrogens with zero attached hydrogens (tertiary/aromatic N) is 3. The summed E-state index contributed by atoms with van der Waals surface area (Å²) in [6, 6.07) is 14.5. The van der Waals surface area contributed by atoms with Crippen molar-refractivity contribution in [2.24, 2.45) is 5.73 Å². The molecular weight excluding hydrogens is 416 g/mol. The molecule has 4 rings (SSSR count). The van der Waals surface area contributed by atoms with Crippen LogP contribution in [0, 0.1) is 0 Å². The average Bonchev–Trinajstić information content (AvgIpc) is 3.16. The van der Waals surface area contributed by atoms with Crippen molar-refractivity contribution in [1.82, 2.24) is 25.5 Å². The molecule has 1 amide bonds. The number of hydrogen-bond donors (Lipinski definition) is 5. The minimum absolute atomic E-state index is 0.202. The van der Waals surface area contributed by atoms with Gasteiger partial charge in [0.25, 0.3) is 0 Å². The predicted octanol–water partition coefficient (Wildman–Crippen LogP) is 3.46. The molecule has 0 fully saturated rings. The van der Waals surface area contributed by atoms with Crippen molar-refractivity contribution in [3.63, 3.8) is 0 Å². The summed E-state index contributed by atoms with van der Waals surface area (Å²) in [7, 11) is 0. The second-order valence-electron chi connectivity index (χ2n) is 6.99. The molecule has 4 aromatic rings. The number of aromatic nitrogens is 4. The fourth-order valence-corrected chi connectivity index (χ4v) is 3.19. The number of hydrogen-bond acceptors (Lipinski definition) is 7. The Morgan fingerprint density at radius 3 is 2.68 bits per heavy atom. The molecule has 158 valence electrons. The van der Waals surface area contributed by atoms with E-state index in [0.29, 0.717) is 34.2 Å². The molecule has 0 spiro atoms. The molecule has 0 radical (unpaired) electrons. The van der Waals surface area contributed by atoms with E-state index in [1.807, 2.05) is 42.5 Å². The normalized spacial score (nSPS) is 11.8. The number of halogens is 1. The summed E-state index contributed by atoms with van der Waals surface area (Å²) in [6.07, 6.45) is 1.45. The van der Waals surface area contributed by atoms with Gasteiger partial charge in [-0.15, -0.1) is 0 Å². The average molecular weight is 437 g/mol. The van der Waals surface area contributed by atoms with Gasteiger partial charge in [0.1, 0.15) is 23.3 Å². The number of carbonyl (C=O) groups is 1. The van der Waals surface area contributed by atoms with Crippen LogP contribution in [0.25, 0.3) is 11.0 Å². The summed E-state index contributed by atoms with van der Waals surface area (Å²) in [6.45, 7) is 2.03. The van der Waals surface area contributed by atoms with E-state index >= 15 is 0 Å². The summed E-state index contributed by atoms with van der Waals surface area (Å²) >= 11 is 6.09. The van der Waals surface area contributed by atoms with Gasteiger partial charge in [-0.1, -0.05) is 29.8 Å². The van der Waals surface area contributed by atoms with Crippen LogP contribution >= 0.6 is 11.6 Å². The fourth-order valence-electron chi connectivity index (χ4n) is 3.00. The Balaban J connectivity index is 1.58. The molecule has 2 aromatic carbocycles. The van der Waals surface area contributed by atoms with Crippen LogP contribution in [-0.4, -0.2) is 32.1 Å². The van der Waals surface area contributed by atoms with Gasteiger partial charge in [-0.05, 0) is 42.8 Å². The second-order valence-corrected chi connectivity index (χ2v) is 7.42. The third kappa shape index (κ3) is 4.90. The van der Waals surface area contributed by atoms with Gasteiger partial charge in [0.15, 0.2) is 5.65 Å². The number of benzene rings is 2. The highest BCUT2D eigenvalue weighted by atomic mass is 35.5. The topological polar surface area (TPSA) is 134 Å². The van der Waals surface area contributed by atoms with Crippen LogP contribution in [0.2, 0.25) is 5.02 Å². The van der Waals surface area contributed by atoms with Crippen LogP contribution in [0.4, 0.5) is 23.0 Å². The Kier molecular flexibility index (Phi) is 5.96. The van der Waals surface area contributed by atoms with Crippen molar-refractivity contribution in [2.45, 2.75) is 19.5 Å². The minimum Gasteiger partial charge on any atom is -0.351 e. The molecule has 0 aliphatic heterocycles. The van der Waals surface area contributed by atoms with Gasteiger partial charge in [-0.3, -0.25) is 9.89 Å². The number of nitrogens with one attached hydrogen (secondary N) is 4. The smallest absolute Gasteiger partial charge is 0.236 e. The first kappa shape index (κ1) is 20.6. The number of anilines is 4. The zero-order chi connectivity index (χ0) is 21.8. The molecule has 0 saturated heterocycles. The highest BCUT2D eigenvalue weighted by molar-refractivity contribution is 6.30. The Bertz CT molecular complexity index is 1220. The van der Waals surface area contributed by atoms with Crippen molar-refractivity contribution in [3.8, 4) is 0 Å². The lowest BCUT2D eigenvalue weighted by molar-refractivity contribution is -0.122. The molecule has 9 nitrogen and oxygen atoms in total. The zero-order valence-electron chi connectivity index (χ0n) is 16.7. The van der Waals surface area contributed by atoms with Crippen LogP contribution < -0.4 is 21.7 Å². The Morgan fingerprint density at radius 1 is 1.13 bits per heavy atom.